The van der Waals surface area contributed by atoms with Crippen molar-refractivity contribution in [1.82, 2.24) is 10.2 Å². The van der Waals surface area contributed by atoms with Crippen LogP contribution in [0, 0.1) is 0 Å². The molecular weight excluding hydrogens is 358 g/mol. The van der Waals surface area contributed by atoms with Crippen LogP contribution < -0.4 is 25.1 Å². The molecule has 0 aliphatic rings. The molecule has 1 aromatic carbocycles. The van der Waals surface area contributed by atoms with Crippen LogP contribution in [0.1, 0.15) is 32.3 Å². The first kappa shape index (κ1) is 19.9. The van der Waals surface area contributed by atoms with Crippen molar-refractivity contribution in [3.8, 4) is 17.4 Å². The molecule has 8 heteroatoms. The molecule has 0 aliphatic carbocycles. The Bertz CT molecular complexity index is 780. The summed E-state index contributed by atoms with van der Waals surface area (Å²) < 4.78 is 16.5. The number of nitrogens with zero attached hydrogens (tertiary/aromatic N) is 1. The van der Waals surface area contributed by atoms with Crippen molar-refractivity contribution in [2.24, 2.45) is 0 Å². The summed E-state index contributed by atoms with van der Waals surface area (Å²) in [4.78, 5) is 11.7. The van der Waals surface area contributed by atoms with Crippen LogP contribution in [0.15, 0.2) is 23.0 Å². The number of aromatic amines is 1. The Balaban J connectivity index is 2.18. The van der Waals surface area contributed by atoms with Crippen molar-refractivity contribution in [3.05, 3.63) is 39.1 Å². The summed E-state index contributed by atoms with van der Waals surface area (Å²) in [5, 5.41) is 9.32. The van der Waals surface area contributed by atoms with Crippen molar-refractivity contribution in [2.45, 2.75) is 33.2 Å². The zero-order valence-corrected chi connectivity index (χ0v) is 16.0. The third kappa shape index (κ3) is 5.05. The number of ether oxygens (including phenoxy) is 3. The molecule has 0 bridgehead atoms. The van der Waals surface area contributed by atoms with Gasteiger partial charge in [-0.15, -0.1) is 5.10 Å². The highest BCUT2D eigenvalue weighted by Gasteiger charge is 2.14. The van der Waals surface area contributed by atoms with Crippen molar-refractivity contribution in [1.29, 1.82) is 0 Å². The zero-order valence-electron chi connectivity index (χ0n) is 15.2. The highest BCUT2D eigenvalue weighted by molar-refractivity contribution is 6.33. The fourth-order valence-electron chi connectivity index (χ4n) is 2.27. The lowest BCUT2D eigenvalue weighted by Gasteiger charge is -2.14. The minimum atomic E-state index is -0.476. The lowest BCUT2D eigenvalue weighted by Crippen LogP contribution is -2.15. The molecule has 2 rings (SSSR count). The quantitative estimate of drug-likeness (QED) is 0.611. The van der Waals surface area contributed by atoms with E-state index in [4.69, 9.17) is 25.8 Å². The first-order valence-electron chi connectivity index (χ1n) is 8.55. The van der Waals surface area contributed by atoms with Crippen LogP contribution in [0.5, 0.6) is 17.4 Å². The molecule has 7 nitrogen and oxygen atoms in total. The molecule has 0 radical (unpaired) electrons. The minimum absolute atomic E-state index is 0.0105. The fourth-order valence-corrected chi connectivity index (χ4v) is 2.46. The largest absolute Gasteiger partial charge is 0.493 e. The van der Waals surface area contributed by atoms with Crippen LogP contribution in [-0.4, -0.2) is 30.5 Å². The third-order valence-corrected chi connectivity index (χ3v) is 3.99. The van der Waals surface area contributed by atoms with Gasteiger partial charge in [0, 0.05) is 6.54 Å². The molecule has 0 fully saturated rings. The highest BCUT2D eigenvalue weighted by atomic mass is 35.5. The average molecular weight is 382 g/mol. The summed E-state index contributed by atoms with van der Waals surface area (Å²) in [5.41, 5.74) is 0.827. The van der Waals surface area contributed by atoms with E-state index in [1.54, 1.807) is 7.11 Å². The molecule has 1 heterocycles. The summed E-state index contributed by atoms with van der Waals surface area (Å²) >= 11 is 6.09. The number of hydrogen-bond acceptors (Lipinski definition) is 6. The van der Waals surface area contributed by atoms with Crippen LogP contribution in [0.25, 0.3) is 0 Å². The summed E-state index contributed by atoms with van der Waals surface area (Å²) in [6.07, 6.45) is 2.02. The van der Waals surface area contributed by atoms with Crippen LogP contribution in [0.2, 0.25) is 5.02 Å². The van der Waals surface area contributed by atoms with Crippen molar-refractivity contribution in [3.63, 3.8) is 0 Å². The van der Waals surface area contributed by atoms with Crippen LogP contribution in [0.4, 0.5) is 5.69 Å². The standard InChI is InChI=1S/C18H24ClN3O4/c1-4-6-9-26-14-10-12(7-8-13(14)24-3)11-20-16-15(19)17(23)21-22-18(16)25-5-2/h7-8,10H,4-6,9,11H2,1-3H3,(H2,20,21,23). The molecule has 0 saturated carbocycles. The number of rotatable bonds is 10. The number of anilines is 1. The number of aromatic nitrogens is 2. The first-order chi connectivity index (χ1) is 12.6. The Morgan fingerprint density at radius 2 is 2.04 bits per heavy atom. The monoisotopic (exact) mass is 381 g/mol. The predicted molar refractivity (Wildman–Crippen MR) is 102 cm³/mol. The second-order valence-corrected chi connectivity index (χ2v) is 5.90. The van der Waals surface area contributed by atoms with Gasteiger partial charge in [-0.3, -0.25) is 4.79 Å². The molecule has 26 heavy (non-hydrogen) atoms. The molecule has 0 saturated heterocycles. The number of hydrogen-bond donors (Lipinski definition) is 2. The van der Waals surface area contributed by atoms with Crippen molar-refractivity contribution >= 4 is 17.3 Å². The smallest absolute Gasteiger partial charge is 0.285 e. The van der Waals surface area contributed by atoms with Crippen LogP contribution in [0.3, 0.4) is 0 Å². The van der Waals surface area contributed by atoms with Gasteiger partial charge in [-0.05, 0) is 31.0 Å². The van der Waals surface area contributed by atoms with E-state index in [0.29, 0.717) is 36.9 Å². The maximum atomic E-state index is 11.7. The van der Waals surface area contributed by atoms with Gasteiger partial charge in [0.2, 0.25) is 0 Å². The number of methoxy groups -OCH3 is 1. The van der Waals surface area contributed by atoms with Gasteiger partial charge in [-0.2, -0.15) is 0 Å². The van der Waals surface area contributed by atoms with E-state index in [0.717, 1.165) is 18.4 Å². The maximum Gasteiger partial charge on any atom is 0.285 e. The van der Waals surface area contributed by atoms with E-state index in [1.165, 1.54) is 0 Å². The molecular formula is C18H24ClN3O4. The molecule has 2 aromatic rings. The van der Waals surface area contributed by atoms with E-state index in [2.05, 4.69) is 22.4 Å². The third-order valence-electron chi connectivity index (χ3n) is 3.63. The topological polar surface area (TPSA) is 85.5 Å². The van der Waals surface area contributed by atoms with E-state index >= 15 is 0 Å². The number of unbranched alkanes of at least 4 members (excludes halogenated alkanes) is 1. The van der Waals surface area contributed by atoms with Crippen LogP contribution >= 0.6 is 11.6 Å². The van der Waals surface area contributed by atoms with Gasteiger partial charge in [0.15, 0.2) is 11.5 Å². The summed E-state index contributed by atoms with van der Waals surface area (Å²) in [6.45, 7) is 5.38. The number of nitrogens with one attached hydrogen (secondary N) is 2. The van der Waals surface area contributed by atoms with Gasteiger partial charge in [0.1, 0.15) is 10.7 Å². The van der Waals surface area contributed by atoms with E-state index in [9.17, 15) is 4.79 Å². The molecule has 2 N–H and O–H groups in total. The normalized spacial score (nSPS) is 10.5. The van der Waals surface area contributed by atoms with Gasteiger partial charge in [0.25, 0.3) is 11.4 Å². The molecule has 0 atom stereocenters. The van der Waals surface area contributed by atoms with E-state index < -0.39 is 5.56 Å². The number of benzene rings is 1. The predicted octanol–water partition coefficient (Wildman–Crippen LogP) is 3.62. The lowest BCUT2D eigenvalue weighted by atomic mass is 10.2. The van der Waals surface area contributed by atoms with E-state index in [-0.39, 0.29) is 10.9 Å². The Labute approximate surface area is 157 Å². The van der Waals surface area contributed by atoms with Gasteiger partial charge >= 0.3 is 0 Å². The maximum absolute atomic E-state index is 11.7. The molecule has 142 valence electrons. The number of H-pyrrole nitrogens is 1. The Morgan fingerprint density at radius 3 is 2.73 bits per heavy atom. The SMILES string of the molecule is CCCCOc1cc(CNc2c(OCC)n[nH]c(=O)c2Cl)ccc1OC. The van der Waals surface area contributed by atoms with Gasteiger partial charge in [-0.1, -0.05) is 31.0 Å². The van der Waals surface area contributed by atoms with Gasteiger partial charge < -0.3 is 19.5 Å². The molecule has 1 aromatic heterocycles. The molecule has 0 spiro atoms. The first-order valence-corrected chi connectivity index (χ1v) is 8.93. The Kier molecular flexibility index (Phi) is 7.59. The number of halogens is 1. The molecule has 0 aliphatic heterocycles. The Hall–Kier alpha value is -2.41. The van der Waals surface area contributed by atoms with Crippen molar-refractivity contribution in [2.75, 3.05) is 25.6 Å². The lowest BCUT2D eigenvalue weighted by molar-refractivity contribution is 0.288. The van der Waals surface area contributed by atoms with Crippen molar-refractivity contribution < 1.29 is 14.2 Å². The van der Waals surface area contributed by atoms with Crippen LogP contribution in [-0.2, 0) is 6.54 Å². The second-order valence-electron chi connectivity index (χ2n) is 5.52. The minimum Gasteiger partial charge on any atom is -0.493 e. The molecule has 0 unspecified atom stereocenters. The summed E-state index contributed by atoms with van der Waals surface area (Å²) in [6, 6.07) is 5.66. The van der Waals surface area contributed by atoms with Gasteiger partial charge in [0.05, 0.1) is 20.3 Å². The fraction of sp³-hybridized carbons (Fsp3) is 0.444. The summed E-state index contributed by atoms with van der Waals surface area (Å²) in [7, 11) is 1.61. The Morgan fingerprint density at radius 1 is 1.23 bits per heavy atom. The summed E-state index contributed by atoms with van der Waals surface area (Å²) in [5.74, 6) is 1.61. The zero-order chi connectivity index (χ0) is 18.9. The highest BCUT2D eigenvalue weighted by Crippen LogP contribution is 2.30. The van der Waals surface area contributed by atoms with E-state index in [1.807, 2.05) is 25.1 Å². The average Bonchev–Trinajstić information content (AvgIpc) is 2.65. The second kappa shape index (κ2) is 9.91. The molecule has 0 amide bonds. The van der Waals surface area contributed by atoms with Gasteiger partial charge in [-0.25, -0.2) is 5.10 Å².